The largest absolute Gasteiger partial charge is 0.478 e. The molecule has 0 saturated heterocycles. The Morgan fingerprint density at radius 3 is 2.43 bits per heavy atom. The summed E-state index contributed by atoms with van der Waals surface area (Å²) in [6.07, 6.45) is 3.20. The van der Waals surface area contributed by atoms with E-state index in [-0.39, 0.29) is 6.54 Å². The number of aromatic nitrogens is 2. The molecule has 8 heteroatoms. The third-order valence-electron chi connectivity index (χ3n) is 2.86. The van der Waals surface area contributed by atoms with Gasteiger partial charge in [-0.05, 0) is 12.1 Å². The summed E-state index contributed by atoms with van der Waals surface area (Å²) in [6.45, 7) is 0.0282. The lowest BCUT2D eigenvalue weighted by molar-refractivity contribution is 0.0690. The van der Waals surface area contributed by atoms with Crippen molar-refractivity contribution in [2.45, 2.75) is 6.54 Å². The fourth-order valence-corrected chi connectivity index (χ4v) is 1.73. The van der Waals surface area contributed by atoms with Gasteiger partial charge in [-0.1, -0.05) is 0 Å². The Balaban J connectivity index is 2.24. The summed E-state index contributed by atoms with van der Waals surface area (Å²) in [4.78, 5) is 26.9. The molecule has 110 valence electrons. The smallest absolute Gasteiger partial charge is 0.336 e. The lowest BCUT2D eigenvalue weighted by Gasteiger charge is -2.08. The number of hydrogen-bond acceptors (Lipinski definition) is 3. The van der Waals surface area contributed by atoms with Crippen LogP contribution >= 0.6 is 0 Å². The molecule has 1 aromatic heterocycles. The number of imidazole rings is 1. The van der Waals surface area contributed by atoms with E-state index in [1.165, 1.54) is 6.20 Å². The van der Waals surface area contributed by atoms with Crippen molar-refractivity contribution in [3.8, 4) is 0 Å². The van der Waals surface area contributed by atoms with Gasteiger partial charge in [-0.25, -0.2) is 18.6 Å². The molecule has 2 aromatic rings. The van der Waals surface area contributed by atoms with Crippen molar-refractivity contribution in [3.63, 3.8) is 0 Å². The SMILES string of the molecule is Cn1ccnc1CNC(=O)c1cc(F)c(F)cc1C(=O)O. The Bertz CT molecular complexity index is 713. The van der Waals surface area contributed by atoms with Crippen LogP contribution in [-0.2, 0) is 13.6 Å². The maximum absolute atomic E-state index is 13.2. The van der Waals surface area contributed by atoms with Gasteiger partial charge in [-0.15, -0.1) is 0 Å². The lowest BCUT2D eigenvalue weighted by Crippen LogP contribution is -2.26. The summed E-state index contributed by atoms with van der Waals surface area (Å²) in [5, 5.41) is 11.4. The van der Waals surface area contributed by atoms with Crippen molar-refractivity contribution in [1.82, 2.24) is 14.9 Å². The van der Waals surface area contributed by atoms with Crippen LogP contribution in [-0.4, -0.2) is 26.5 Å². The van der Waals surface area contributed by atoms with Crippen LogP contribution in [0.15, 0.2) is 24.5 Å². The van der Waals surface area contributed by atoms with Crippen molar-refractivity contribution in [2.75, 3.05) is 0 Å². The zero-order valence-electron chi connectivity index (χ0n) is 10.9. The van der Waals surface area contributed by atoms with Gasteiger partial charge < -0.3 is 15.0 Å². The van der Waals surface area contributed by atoms with Crippen molar-refractivity contribution in [3.05, 3.63) is 53.1 Å². The van der Waals surface area contributed by atoms with E-state index in [2.05, 4.69) is 10.3 Å². The average Bonchev–Trinajstić information content (AvgIpc) is 2.84. The minimum atomic E-state index is -1.52. The molecule has 1 aromatic carbocycles. The molecule has 1 heterocycles. The number of aryl methyl sites for hydroxylation is 1. The van der Waals surface area contributed by atoms with Gasteiger partial charge >= 0.3 is 5.97 Å². The molecule has 21 heavy (non-hydrogen) atoms. The van der Waals surface area contributed by atoms with Crippen LogP contribution in [0.1, 0.15) is 26.5 Å². The van der Waals surface area contributed by atoms with Gasteiger partial charge in [0.05, 0.1) is 17.7 Å². The molecule has 0 saturated carbocycles. The third-order valence-corrected chi connectivity index (χ3v) is 2.86. The van der Waals surface area contributed by atoms with Crippen LogP contribution in [0.5, 0.6) is 0 Å². The second-order valence-corrected chi connectivity index (χ2v) is 4.25. The van der Waals surface area contributed by atoms with Crippen molar-refractivity contribution in [1.29, 1.82) is 0 Å². The molecule has 2 N–H and O–H groups in total. The van der Waals surface area contributed by atoms with E-state index in [1.807, 2.05) is 0 Å². The Hall–Kier alpha value is -2.77. The fraction of sp³-hybridized carbons (Fsp3) is 0.154. The monoisotopic (exact) mass is 295 g/mol. The Labute approximate surface area is 118 Å². The topological polar surface area (TPSA) is 84.2 Å². The first-order valence-electron chi connectivity index (χ1n) is 5.87. The van der Waals surface area contributed by atoms with Crippen LogP contribution in [0.4, 0.5) is 8.78 Å². The molecule has 0 spiro atoms. The molecule has 0 aliphatic rings. The normalized spacial score (nSPS) is 10.4. The molecule has 0 aliphatic carbocycles. The molecule has 0 radical (unpaired) electrons. The van der Waals surface area contributed by atoms with Crippen LogP contribution in [0.2, 0.25) is 0 Å². The first-order valence-corrected chi connectivity index (χ1v) is 5.87. The quantitative estimate of drug-likeness (QED) is 0.891. The highest BCUT2D eigenvalue weighted by Crippen LogP contribution is 2.15. The number of aromatic carboxylic acids is 1. The number of nitrogens with one attached hydrogen (secondary N) is 1. The van der Waals surface area contributed by atoms with Gasteiger partial charge in [0.1, 0.15) is 5.82 Å². The maximum atomic E-state index is 13.2. The Morgan fingerprint density at radius 1 is 1.29 bits per heavy atom. The van der Waals surface area contributed by atoms with Crippen molar-refractivity contribution in [2.24, 2.45) is 7.05 Å². The van der Waals surface area contributed by atoms with E-state index in [1.54, 1.807) is 17.8 Å². The molecule has 0 unspecified atom stereocenters. The summed E-state index contributed by atoms with van der Waals surface area (Å²) >= 11 is 0. The van der Waals surface area contributed by atoms with Crippen molar-refractivity contribution >= 4 is 11.9 Å². The predicted molar refractivity (Wildman–Crippen MR) is 67.7 cm³/mol. The Morgan fingerprint density at radius 2 is 1.90 bits per heavy atom. The summed E-state index contributed by atoms with van der Waals surface area (Å²) in [5.41, 5.74) is -1.05. The number of rotatable bonds is 4. The number of amides is 1. The number of carbonyl (C=O) groups excluding carboxylic acids is 1. The van der Waals surface area contributed by atoms with Gasteiger partial charge in [-0.3, -0.25) is 4.79 Å². The maximum Gasteiger partial charge on any atom is 0.336 e. The highest BCUT2D eigenvalue weighted by molar-refractivity contribution is 6.04. The van der Waals surface area contributed by atoms with Crippen molar-refractivity contribution < 1.29 is 23.5 Å². The first-order chi connectivity index (χ1) is 9.90. The van der Waals surface area contributed by atoms with Gasteiger partial charge in [0, 0.05) is 19.4 Å². The minimum Gasteiger partial charge on any atom is -0.478 e. The summed E-state index contributed by atoms with van der Waals surface area (Å²) in [6, 6.07) is 1.04. The molecule has 2 rings (SSSR count). The van der Waals surface area contributed by atoms with Crippen LogP contribution in [0, 0.1) is 11.6 Å². The summed E-state index contributed by atoms with van der Waals surface area (Å²) in [7, 11) is 1.72. The molecule has 0 fully saturated rings. The van der Waals surface area contributed by atoms with Gasteiger partial charge in [-0.2, -0.15) is 0 Å². The summed E-state index contributed by atoms with van der Waals surface area (Å²) in [5.74, 6) is -4.43. The van der Waals surface area contributed by atoms with E-state index >= 15 is 0 Å². The molecule has 0 aliphatic heterocycles. The number of carboxylic acids is 1. The Kier molecular flexibility index (Phi) is 3.97. The molecule has 1 amide bonds. The second-order valence-electron chi connectivity index (χ2n) is 4.25. The molecule has 6 nitrogen and oxygen atoms in total. The van der Waals surface area contributed by atoms with Gasteiger partial charge in [0.15, 0.2) is 11.6 Å². The van der Waals surface area contributed by atoms with Gasteiger partial charge in [0.25, 0.3) is 5.91 Å². The second kappa shape index (κ2) is 5.70. The number of carbonyl (C=O) groups is 2. The van der Waals surface area contributed by atoms with E-state index in [0.29, 0.717) is 18.0 Å². The van der Waals surface area contributed by atoms with E-state index in [0.717, 1.165) is 0 Å². The van der Waals surface area contributed by atoms with E-state index < -0.39 is 34.6 Å². The lowest BCUT2D eigenvalue weighted by atomic mass is 10.1. The third kappa shape index (κ3) is 3.04. The number of halogens is 2. The first kappa shape index (κ1) is 14.6. The number of benzene rings is 1. The minimum absolute atomic E-state index is 0.0282. The average molecular weight is 295 g/mol. The number of carboxylic acid groups (broad SMARTS) is 1. The highest BCUT2D eigenvalue weighted by Gasteiger charge is 2.20. The summed E-state index contributed by atoms with van der Waals surface area (Å²) < 4.78 is 27.9. The molecule has 0 bridgehead atoms. The molecular formula is C13H11F2N3O3. The zero-order chi connectivity index (χ0) is 15.6. The van der Waals surface area contributed by atoms with E-state index in [9.17, 15) is 18.4 Å². The van der Waals surface area contributed by atoms with Crippen LogP contribution < -0.4 is 5.32 Å². The number of hydrogen-bond donors (Lipinski definition) is 2. The fourth-order valence-electron chi connectivity index (χ4n) is 1.73. The molecular weight excluding hydrogens is 284 g/mol. The molecule has 0 atom stereocenters. The highest BCUT2D eigenvalue weighted by atomic mass is 19.2. The van der Waals surface area contributed by atoms with Gasteiger partial charge in [0.2, 0.25) is 0 Å². The zero-order valence-corrected chi connectivity index (χ0v) is 10.9. The predicted octanol–water partition coefficient (Wildman–Crippen LogP) is 1.33. The van der Waals surface area contributed by atoms with E-state index in [4.69, 9.17) is 5.11 Å². The number of nitrogens with zero attached hydrogens (tertiary/aromatic N) is 2. The van der Waals surface area contributed by atoms with Crippen LogP contribution in [0.25, 0.3) is 0 Å². The van der Waals surface area contributed by atoms with Crippen LogP contribution in [0.3, 0.4) is 0 Å². The standard InChI is InChI=1S/C13H11F2N3O3/c1-18-3-2-16-11(18)6-17-12(19)7-4-9(14)10(15)5-8(7)13(20)21/h2-5H,6H2,1H3,(H,17,19)(H,20,21).